The summed E-state index contributed by atoms with van der Waals surface area (Å²) in [6.45, 7) is 0.142. The highest BCUT2D eigenvalue weighted by Gasteiger charge is 2.38. The summed E-state index contributed by atoms with van der Waals surface area (Å²) in [6, 6.07) is 5.07. The predicted octanol–water partition coefficient (Wildman–Crippen LogP) is 7.44. The third-order valence-corrected chi connectivity index (χ3v) is 9.62. The number of anilines is 2. The Kier molecular flexibility index (Phi) is 9.70. The van der Waals surface area contributed by atoms with Crippen LogP contribution in [0, 0.1) is 23.5 Å². The van der Waals surface area contributed by atoms with E-state index in [1.807, 2.05) is 0 Å². The molecule has 0 unspecified atom stereocenters. The first-order valence-electron chi connectivity index (χ1n) is 16.1. The summed E-state index contributed by atoms with van der Waals surface area (Å²) in [4.78, 5) is 9.44. The lowest BCUT2D eigenvalue weighted by Crippen LogP contribution is -2.39. The Hall–Kier alpha value is -4.08. The molecule has 49 heavy (non-hydrogen) atoms. The molecule has 2 aromatic carbocycles. The molecule has 2 aromatic heterocycles. The number of aliphatic hydroxyl groups excluding tert-OH is 1. The van der Waals surface area contributed by atoms with Crippen LogP contribution in [-0.2, 0) is 32.5 Å². The Morgan fingerprint density at radius 2 is 1.53 bits per heavy atom. The van der Waals surface area contributed by atoms with Gasteiger partial charge in [-0.1, -0.05) is 17.9 Å². The van der Waals surface area contributed by atoms with Crippen LogP contribution in [0.4, 0.5) is 46.9 Å². The van der Waals surface area contributed by atoms with E-state index in [1.165, 1.54) is 11.9 Å². The van der Waals surface area contributed by atoms with Crippen molar-refractivity contribution in [1.29, 1.82) is 0 Å². The number of aryl methyl sites for hydroxylation is 1. The van der Waals surface area contributed by atoms with Gasteiger partial charge in [0.2, 0.25) is 0 Å². The van der Waals surface area contributed by atoms with E-state index in [-0.39, 0.29) is 47.7 Å². The predicted molar refractivity (Wildman–Crippen MR) is 164 cm³/mol. The van der Waals surface area contributed by atoms with Crippen LogP contribution in [0.3, 0.4) is 0 Å². The van der Waals surface area contributed by atoms with E-state index in [0.717, 1.165) is 61.9 Å². The molecule has 4 aromatic rings. The van der Waals surface area contributed by atoms with E-state index in [1.54, 1.807) is 6.07 Å². The van der Waals surface area contributed by atoms with Gasteiger partial charge in [-0.15, -0.1) is 5.10 Å². The number of hydrogen-bond acceptors (Lipinski definition) is 7. The zero-order valence-electron chi connectivity index (χ0n) is 26.6. The van der Waals surface area contributed by atoms with Gasteiger partial charge in [-0.3, -0.25) is 0 Å². The molecule has 0 bridgehead atoms. The van der Waals surface area contributed by atoms with Gasteiger partial charge in [0.05, 0.1) is 23.7 Å². The maximum Gasteiger partial charge on any atom is 0.416 e. The molecule has 1 saturated carbocycles. The van der Waals surface area contributed by atoms with Crippen molar-refractivity contribution in [3.8, 4) is 0 Å². The standard InChI is InChI=1S/C33H35F8N7O/c1-46-44-31(43-45-46)47(17-20-11-24(32(36,37)38)15-25(12-20)33(39,40)41)18-23-13-22-14-26(34)27(35)16-28(22)42-30(23)48-9-2-3-29(48)21-6-4-19(5-7-21)8-10-49/h11-16,19,21,29,49H,2-10,17-18H2,1H3/t19-,21-,29-/m1/s1. The highest BCUT2D eigenvalue weighted by Crippen LogP contribution is 2.41. The molecular formula is C33H35F8N7O. The van der Waals surface area contributed by atoms with Crippen LogP contribution in [-0.4, -0.2) is 49.5 Å². The Balaban J connectivity index is 1.41. The fourth-order valence-corrected chi connectivity index (χ4v) is 7.29. The number of pyridine rings is 1. The third-order valence-electron chi connectivity index (χ3n) is 9.62. The number of aliphatic hydroxyl groups is 1. The van der Waals surface area contributed by atoms with Crippen LogP contribution in [0.25, 0.3) is 10.9 Å². The summed E-state index contributed by atoms with van der Waals surface area (Å²) >= 11 is 0. The Morgan fingerprint density at radius 1 is 0.857 bits per heavy atom. The van der Waals surface area contributed by atoms with Crippen molar-refractivity contribution in [3.63, 3.8) is 0 Å². The number of rotatable bonds is 9. The number of alkyl halides is 6. The quantitative estimate of drug-likeness (QED) is 0.182. The molecule has 0 spiro atoms. The molecule has 0 radical (unpaired) electrons. The minimum atomic E-state index is -5.04. The van der Waals surface area contributed by atoms with Gasteiger partial charge >= 0.3 is 12.4 Å². The van der Waals surface area contributed by atoms with Crippen LogP contribution in [0.1, 0.15) is 67.2 Å². The Bertz CT molecular complexity index is 1750. The molecular weight excluding hydrogens is 662 g/mol. The third kappa shape index (κ3) is 7.73. The zero-order valence-corrected chi connectivity index (χ0v) is 26.6. The molecule has 8 nitrogen and oxygen atoms in total. The molecule has 1 aliphatic carbocycles. The van der Waals surface area contributed by atoms with Gasteiger partial charge < -0.3 is 14.9 Å². The van der Waals surface area contributed by atoms with Gasteiger partial charge in [0.1, 0.15) is 5.82 Å². The lowest BCUT2D eigenvalue weighted by atomic mass is 9.77. The molecule has 1 atom stereocenters. The smallest absolute Gasteiger partial charge is 0.396 e. The van der Waals surface area contributed by atoms with Crippen molar-refractivity contribution in [1.82, 2.24) is 25.2 Å². The largest absolute Gasteiger partial charge is 0.416 e. The number of hydrogen-bond donors (Lipinski definition) is 1. The molecule has 2 fully saturated rings. The second-order valence-corrected chi connectivity index (χ2v) is 13.0. The average molecular weight is 698 g/mol. The molecule has 0 amide bonds. The van der Waals surface area contributed by atoms with E-state index >= 15 is 0 Å². The van der Waals surface area contributed by atoms with Gasteiger partial charge in [-0.25, -0.2) is 13.8 Å². The number of nitrogens with zero attached hydrogens (tertiary/aromatic N) is 7. The summed E-state index contributed by atoms with van der Waals surface area (Å²) in [7, 11) is 1.46. The molecule has 3 heterocycles. The average Bonchev–Trinajstić information content (AvgIpc) is 3.70. The SMILES string of the molecule is Cn1nnc(N(Cc2cc(C(F)(F)F)cc(C(F)(F)F)c2)Cc2cc3cc(F)c(F)cc3nc2N2CCC[C@@H]2[C@H]2CC[C@H](CCO)CC2)n1. The minimum absolute atomic E-state index is 0.0648. The molecule has 1 aliphatic heterocycles. The van der Waals surface area contributed by atoms with E-state index in [4.69, 9.17) is 4.98 Å². The van der Waals surface area contributed by atoms with Gasteiger partial charge in [-0.05, 0) is 85.0 Å². The number of aromatic nitrogens is 5. The van der Waals surface area contributed by atoms with Crippen molar-refractivity contribution >= 4 is 22.7 Å². The van der Waals surface area contributed by atoms with Gasteiger partial charge in [-0.2, -0.15) is 31.1 Å². The highest BCUT2D eigenvalue weighted by atomic mass is 19.4. The van der Waals surface area contributed by atoms with Gasteiger partial charge in [0, 0.05) is 49.3 Å². The second kappa shape index (κ2) is 13.7. The Labute approximate surface area is 276 Å². The lowest BCUT2D eigenvalue weighted by Gasteiger charge is -2.38. The molecule has 1 saturated heterocycles. The number of fused-ring (bicyclic) bond motifs is 1. The van der Waals surface area contributed by atoms with Crippen molar-refractivity contribution in [2.45, 2.75) is 76.4 Å². The molecule has 1 N–H and O–H groups in total. The summed E-state index contributed by atoms with van der Waals surface area (Å²) in [5.41, 5.74) is -2.52. The normalized spacial score (nSPS) is 20.4. The zero-order chi connectivity index (χ0) is 35.1. The van der Waals surface area contributed by atoms with Crippen molar-refractivity contribution in [3.05, 3.63) is 70.3 Å². The van der Waals surface area contributed by atoms with Gasteiger partial charge in [0.25, 0.3) is 5.95 Å². The lowest BCUT2D eigenvalue weighted by molar-refractivity contribution is -0.143. The first kappa shape index (κ1) is 34.8. The van der Waals surface area contributed by atoms with Crippen LogP contribution in [0.2, 0.25) is 0 Å². The van der Waals surface area contributed by atoms with Crippen molar-refractivity contribution in [2.24, 2.45) is 18.9 Å². The number of benzene rings is 2. The summed E-state index contributed by atoms with van der Waals surface area (Å²) in [6.07, 6.45) is -3.78. The van der Waals surface area contributed by atoms with E-state index in [9.17, 15) is 40.2 Å². The maximum atomic E-state index is 14.4. The molecule has 2 aliphatic rings. The number of halogens is 8. The monoisotopic (exact) mass is 697 g/mol. The van der Waals surface area contributed by atoms with E-state index < -0.39 is 41.7 Å². The topological polar surface area (TPSA) is 83.2 Å². The summed E-state index contributed by atoms with van der Waals surface area (Å²) in [5, 5.41) is 21.7. The maximum absolute atomic E-state index is 14.4. The van der Waals surface area contributed by atoms with E-state index in [0.29, 0.717) is 41.9 Å². The highest BCUT2D eigenvalue weighted by molar-refractivity contribution is 5.82. The van der Waals surface area contributed by atoms with E-state index in [2.05, 4.69) is 20.3 Å². The minimum Gasteiger partial charge on any atom is -0.396 e. The van der Waals surface area contributed by atoms with Crippen LogP contribution < -0.4 is 9.80 Å². The first-order valence-corrected chi connectivity index (χ1v) is 16.1. The summed E-state index contributed by atoms with van der Waals surface area (Å²) in [5.74, 6) is -1.00. The van der Waals surface area contributed by atoms with Crippen molar-refractivity contribution < 1.29 is 40.2 Å². The van der Waals surface area contributed by atoms with Crippen LogP contribution in [0.5, 0.6) is 0 Å². The van der Waals surface area contributed by atoms with Crippen LogP contribution >= 0.6 is 0 Å². The fourth-order valence-electron chi connectivity index (χ4n) is 7.29. The molecule has 264 valence electrons. The fraction of sp³-hybridized carbons (Fsp3) is 0.515. The molecule has 6 rings (SSSR count). The van der Waals surface area contributed by atoms with Gasteiger partial charge in [0.15, 0.2) is 11.6 Å². The van der Waals surface area contributed by atoms with Crippen LogP contribution in [0.15, 0.2) is 36.4 Å². The first-order chi connectivity index (χ1) is 23.2. The van der Waals surface area contributed by atoms with Crippen molar-refractivity contribution in [2.75, 3.05) is 23.0 Å². The second-order valence-electron chi connectivity index (χ2n) is 13.0. The number of tetrazole rings is 1. The molecule has 16 heteroatoms. The Morgan fingerprint density at radius 3 is 2.14 bits per heavy atom. The summed E-state index contributed by atoms with van der Waals surface area (Å²) < 4.78 is 111.